The molecule has 0 fully saturated rings. The van der Waals surface area contributed by atoms with E-state index in [0.717, 1.165) is 0 Å². The second-order valence-corrected chi connectivity index (χ2v) is 3.23. The minimum absolute atomic E-state index is 0.00449. The first-order chi connectivity index (χ1) is 7.71. The van der Waals surface area contributed by atoms with Crippen LogP contribution in [0.1, 0.15) is 23.2 Å². The molecule has 0 aromatic heterocycles. The predicted molar refractivity (Wildman–Crippen MR) is 61.9 cm³/mol. The number of benzene rings is 1. The number of carbonyl (C=O) groups is 1. The summed E-state index contributed by atoms with van der Waals surface area (Å²) in [4.78, 5) is 11.7. The molecule has 0 unspecified atom stereocenters. The fraction of sp³-hybridized carbons (Fsp3) is 0.308. The number of methoxy groups -OCH3 is 2. The van der Waals surface area contributed by atoms with E-state index in [1.807, 2.05) is 0 Å². The van der Waals surface area contributed by atoms with Crippen LogP contribution in [0.2, 0.25) is 0 Å². The molecule has 1 aromatic carbocycles. The van der Waals surface area contributed by atoms with Crippen LogP contribution in [0.25, 0.3) is 0 Å². The lowest BCUT2D eigenvalue weighted by Crippen LogP contribution is -2.00. The van der Waals surface area contributed by atoms with Gasteiger partial charge in [0.2, 0.25) is 0 Å². The maximum absolute atomic E-state index is 11.7. The van der Waals surface area contributed by atoms with E-state index < -0.39 is 0 Å². The van der Waals surface area contributed by atoms with Crippen molar-refractivity contribution in [3.05, 3.63) is 23.8 Å². The standard InChI is InChI=1S/C13H14O3/c1-4-5-6-13(14)10-7-11(15-2)9-12(8-10)16-3/h1,7-9H,5-6H2,2-3H3. The number of hydrogen-bond donors (Lipinski definition) is 0. The number of ketones is 1. The van der Waals surface area contributed by atoms with Crippen molar-refractivity contribution in [3.8, 4) is 23.8 Å². The van der Waals surface area contributed by atoms with Gasteiger partial charge in [-0.25, -0.2) is 0 Å². The Bertz CT molecular complexity index is 393. The minimum Gasteiger partial charge on any atom is -0.497 e. The largest absolute Gasteiger partial charge is 0.497 e. The number of hydrogen-bond acceptors (Lipinski definition) is 3. The molecule has 0 aliphatic heterocycles. The van der Waals surface area contributed by atoms with E-state index in [1.165, 1.54) is 0 Å². The summed E-state index contributed by atoms with van der Waals surface area (Å²) in [6, 6.07) is 5.08. The molecule has 0 bridgehead atoms. The van der Waals surface area contributed by atoms with Crippen molar-refractivity contribution in [2.24, 2.45) is 0 Å². The van der Waals surface area contributed by atoms with Crippen LogP contribution in [0.15, 0.2) is 18.2 Å². The zero-order chi connectivity index (χ0) is 12.0. The van der Waals surface area contributed by atoms with Crippen molar-refractivity contribution in [3.63, 3.8) is 0 Å². The highest BCUT2D eigenvalue weighted by molar-refractivity contribution is 5.97. The van der Waals surface area contributed by atoms with Crippen molar-refractivity contribution in [1.82, 2.24) is 0 Å². The van der Waals surface area contributed by atoms with Gasteiger partial charge in [0, 0.05) is 24.5 Å². The third kappa shape index (κ3) is 3.03. The van der Waals surface area contributed by atoms with E-state index in [4.69, 9.17) is 15.9 Å². The van der Waals surface area contributed by atoms with E-state index in [-0.39, 0.29) is 5.78 Å². The van der Waals surface area contributed by atoms with Crippen LogP contribution in [-0.4, -0.2) is 20.0 Å². The Morgan fingerprint density at radius 1 is 1.25 bits per heavy atom. The fourth-order valence-electron chi connectivity index (χ4n) is 1.30. The summed E-state index contributed by atoms with van der Waals surface area (Å²) in [5.74, 6) is 3.64. The number of Topliss-reactive ketones (excluding diaryl/α,β-unsaturated/α-hetero) is 1. The molecule has 84 valence electrons. The van der Waals surface area contributed by atoms with Gasteiger partial charge < -0.3 is 9.47 Å². The van der Waals surface area contributed by atoms with Crippen molar-refractivity contribution >= 4 is 5.78 Å². The van der Waals surface area contributed by atoms with Crippen LogP contribution in [0.4, 0.5) is 0 Å². The second-order valence-electron chi connectivity index (χ2n) is 3.23. The molecule has 0 spiro atoms. The summed E-state index contributed by atoms with van der Waals surface area (Å²) in [6.07, 6.45) is 5.90. The molecule has 0 aliphatic carbocycles. The molecule has 1 rings (SSSR count). The van der Waals surface area contributed by atoms with E-state index in [9.17, 15) is 4.79 Å². The first-order valence-corrected chi connectivity index (χ1v) is 4.91. The Labute approximate surface area is 95.4 Å². The lowest BCUT2D eigenvalue weighted by molar-refractivity contribution is 0.0983. The summed E-state index contributed by atoms with van der Waals surface area (Å²) in [7, 11) is 3.09. The van der Waals surface area contributed by atoms with Crippen molar-refractivity contribution in [2.75, 3.05) is 14.2 Å². The fourth-order valence-corrected chi connectivity index (χ4v) is 1.30. The topological polar surface area (TPSA) is 35.5 Å². The lowest BCUT2D eigenvalue weighted by Gasteiger charge is -2.07. The molecule has 0 aliphatic rings. The molecule has 0 amide bonds. The van der Waals surface area contributed by atoms with Gasteiger partial charge in [0.1, 0.15) is 11.5 Å². The summed E-state index contributed by atoms with van der Waals surface area (Å²) < 4.78 is 10.2. The molecule has 3 nitrogen and oxygen atoms in total. The molecular weight excluding hydrogens is 204 g/mol. The van der Waals surface area contributed by atoms with Crippen LogP contribution >= 0.6 is 0 Å². The Balaban J connectivity index is 2.94. The first kappa shape index (κ1) is 12.1. The van der Waals surface area contributed by atoms with Gasteiger partial charge in [-0.1, -0.05) is 0 Å². The second kappa shape index (κ2) is 5.82. The molecule has 0 saturated heterocycles. The normalized spacial score (nSPS) is 9.31. The van der Waals surface area contributed by atoms with Gasteiger partial charge in [-0.05, 0) is 12.1 Å². The third-order valence-electron chi connectivity index (χ3n) is 2.17. The highest BCUT2D eigenvalue weighted by Crippen LogP contribution is 2.23. The van der Waals surface area contributed by atoms with E-state index in [2.05, 4.69) is 5.92 Å². The van der Waals surface area contributed by atoms with E-state index in [0.29, 0.717) is 29.9 Å². The molecule has 16 heavy (non-hydrogen) atoms. The maximum Gasteiger partial charge on any atom is 0.164 e. The average molecular weight is 218 g/mol. The van der Waals surface area contributed by atoms with Gasteiger partial charge in [-0.15, -0.1) is 12.3 Å². The van der Waals surface area contributed by atoms with Gasteiger partial charge >= 0.3 is 0 Å². The van der Waals surface area contributed by atoms with Gasteiger partial charge in [0.25, 0.3) is 0 Å². The SMILES string of the molecule is C#CCCC(=O)c1cc(OC)cc(OC)c1. The molecular formula is C13H14O3. The lowest BCUT2D eigenvalue weighted by atomic mass is 10.1. The number of carbonyl (C=O) groups excluding carboxylic acids is 1. The summed E-state index contributed by atoms with van der Waals surface area (Å²) in [6.45, 7) is 0. The number of rotatable bonds is 5. The number of ether oxygens (including phenoxy) is 2. The zero-order valence-electron chi connectivity index (χ0n) is 9.45. The average Bonchev–Trinajstić information content (AvgIpc) is 2.35. The van der Waals surface area contributed by atoms with Gasteiger partial charge in [-0.2, -0.15) is 0 Å². The molecule has 3 heteroatoms. The Hall–Kier alpha value is -1.95. The predicted octanol–water partition coefficient (Wildman–Crippen LogP) is 2.30. The smallest absolute Gasteiger partial charge is 0.164 e. The van der Waals surface area contributed by atoms with Crippen LogP contribution in [-0.2, 0) is 0 Å². The van der Waals surface area contributed by atoms with Crippen LogP contribution in [0.3, 0.4) is 0 Å². The minimum atomic E-state index is -0.00449. The monoisotopic (exact) mass is 218 g/mol. The van der Waals surface area contributed by atoms with Crippen LogP contribution in [0.5, 0.6) is 11.5 Å². The first-order valence-electron chi connectivity index (χ1n) is 4.91. The molecule has 0 atom stereocenters. The molecule has 0 saturated carbocycles. The zero-order valence-corrected chi connectivity index (χ0v) is 9.45. The summed E-state index contributed by atoms with van der Waals surface area (Å²) >= 11 is 0. The Morgan fingerprint density at radius 2 is 1.81 bits per heavy atom. The number of terminal acetylenes is 1. The van der Waals surface area contributed by atoms with Crippen LogP contribution < -0.4 is 9.47 Å². The van der Waals surface area contributed by atoms with Gasteiger partial charge in [0.15, 0.2) is 5.78 Å². The summed E-state index contributed by atoms with van der Waals surface area (Å²) in [5.41, 5.74) is 0.562. The maximum atomic E-state index is 11.7. The summed E-state index contributed by atoms with van der Waals surface area (Å²) in [5, 5.41) is 0. The Kier molecular flexibility index (Phi) is 4.41. The van der Waals surface area contributed by atoms with Crippen molar-refractivity contribution in [2.45, 2.75) is 12.8 Å². The Morgan fingerprint density at radius 3 is 2.25 bits per heavy atom. The van der Waals surface area contributed by atoms with E-state index >= 15 is 0 Å². The highest BCUT2D eigenvalue weighted by Gasteiger charge is 2.08. The van der Waals surface area contributed by atoms with Gasteiger partial charge in [-0.3, -0.25) is 4.79 Å². The third-order valence-corrected chi connectivity index (χ3v) is 2.17. The van der Waals surface area contributed by atoms with E-state index in [1.54, 1.807) is 32.4 Å². The van der Waals surface area contributed by atoms with Gasteiger partial charge in [0.05, 0.1) is 14.2 Å². The quantitative estimate of drug-likeness (QED) is 0.562. The molecule has 0 radical (unpaired) electrons. The van der Waals surface area contributed by atoms with Crippen LogP contribution in [0, 0.1) is 12.3 Å². The molecule has 0 heterocycles. The molecule has 0 N–H and O–H groups in total. The van der Waals surface area contributed by atoms with Crippen molar-refractivity contribution in [1.29, 1.82) is 0 Å². The molecule has 1 aromatic rings. The van der Waals surface area contributed by atoms with Crippen molar-refractivity contribution < 1.29 is 14.3 Å². The highest BCUT2D eigenvalue weighted by atomic mass is 16.5.